The van der Waals surface area contributed by atoms with Gasteiger partial charge in [0, 0.05) is 29.4 Å². The molecule has 0 saturated heterocycles. The maximum absolute atomic E-state index is 5.62. The molecule has 0 spiro atoms. The molecule has 0 atom stereocenters. The highest BCUT2D eigenvalue weighted by atomic mass is 32.1. The van der Waals surface area contributed by atoms with Crippen molar-refractivity contribution in [2.24, 2.45) is 5.73 Å². The standard InChI is InChI=1S/C10H10N2S/c11-6-10-9(3-5-13-10)8-2-1-4-12-7-8/h1-5,7H,6,11H2. The smallest absolute Gasteiger partial charge is 0.0346 e. The molecule has 2 aromatic rings. The molecule has 66 valence electrons. The zero-order chi connectivity index (χ0) is 9.10. The summed E-state index contributed by atoms with van der Waals surface area (Å²) >= 11 is 1.69. The van der Waals surface area contributed by atoms with Crippen molar-refractivity contribution in [2.75, 3.05) is 0 Å². The Bertz CT molecular complexity index is 381. The summed E-state index contributed by atoms with van der Waals surface area (Å²) in [5, 5.41) is 2.06. The van der Waals surface area contributed by atoms with Crippen LogP contribution >= 0.6 is 11.3 Å². The van der Waals surface area contributed by atoms with Crippen molar-refractivity contribution in [3.05, 3.63) is 40.8 Å². The third kappa shape index (κ3) is 1.61. The van der Waals surface area contributed by atoms with Crippen molar-refractivity contribution in [3.63, 3.8) is 0 Å². The van der Waals surface area contributed by atoms with E-state index in [1.54, 1.807) is 17.5 Å². The van der Waals surface area contributed by atoms with Gasteiger partial charge in [-0.15, -0.1) is 11.3 Å². The van der Waals surface area contributed by atoms with Crippen LogP contribution in [0.3, 0.4) is 0 Å². The largest absolute Gasteiger partial charge is 0.326 e. The van der Waals surface area contributed by atoms with Gasteiger partial charge in [0.05, 0.1) is 0 Å². The van der Waals surface area contributed by atoms with Crippen LogP contribution in [0.5, 0.6) is 0 Å². The Morgan fingerprint density at radius 1 is 1.38 bits per heavy atom. The first kappa shape index (κ1) is 8.41. The van der Waals surface area contributed by atoms with E-state index < -0.39 is 0 Å². The number of aromatic nitrogens is 1. The highest BCUT2D eigenvalue weighted by Crippen LogP contribution is 2.26. The van der Waals surface area contributed by atoms with Gasteiger partial charge in [0.25, 0.3) is 0 Å². The van der Waals surface area contributed by atoms with Gasteiger partial charge in [-0.2, -0.15) is 0 Å². The summed E-state index contributed by atoms with van der Waals surface area (Å²) in [6.07, 6.45) is 3.64. The van der Waals surface area contributed by atoms with Gasteiger partial charge in [-0.25, -0.2) is 0 Å². The molecule has 0 aliphatic heterocycles. The van der Waals surface area contributed by atoms with Crippen molar-refractivity contribution in [3.8, 4) is 11.1 Å². The number of rotatable bonds is 2. The fourth-order valence-electron chi connectivity index (χ4n) is 1.28. The minimum absolute atomic E-state index is 0.599. The highest BCUT2D eigenvalue weighted by molar-refractivity contribution is 7.10. The maximum Gasteiger partial charge on any atom is 0.0346 e. The molecule has 13 heavy (non-hydrogen) atoms. The van der Waals surface area contributed by atoms with Gasteiger partial charge in [-0.05, 0) is 23.1 Å². The molecule has 0 radical (unpaired) electrons. The molecule has 0 aliphatic carbocycles. The molecule has 2 nitrogen and oxygen atoms in total. The lowest BCUT2D eigenvalue weighted by Gasteiger charge is -1.99. The Morgan fingerprint density at radius 3 is 3.00 bits per heavy atom. The summed E-state index contributed by atoms with van der Waals surface area (Å²) in [4.78, 5) is 5.30. The summed E-state index contributed by atoms with van der Waals surface area (Å²) in [5.74, 6) is 0. The lowest BCUT2D eigenvalue weighted by Crippen LogP contribution is -1.94. The maximum atomic E-state index is 5.62. The van der Waals surface area contributed by atoms with Crippen molar-refractivity contribution in [2.45, 2.75) is 6.54 Å². The molecule has 2 N–H and O–H groups in total. The van der Waals surface area contributed by atoms with Crippen LogP contribution in [0.1, 0.15) is 4.88 Å². The Labute approximate surface area is 81.1 Å². The Hall–Kier alpha value is -1.19. The predicted molar refractivity (Wildman–Crippen MR) is 55.4 cm³/mol. The minimum atomic E-state index is 0.599. The molecule has 0 fully saturated rings. The molecule has 0 aromatic carbocycles. The van der Waals surface area contributed by atoms with E-state index in [4.69, 9.17) is 5.73 Å². The van der Waals surface area contributed by atoms with Gasteiger partial charge in [0.2, 0.25) is 0 Å². The van der Waals surface area contributed by atoms with Gasteiger partial charge in [0.15, 0.2) is 0 Å². The zero-order valence-electron chi connectivity index (χ0n) is 7.10. The van der Waals surface area contributed by atoms with Crippen molar-refractivity contribution in [1.82, 2.24) is 4.98 Å². The molecule has 0 aliphatic rings. The van der Waals surface area contributed by atoms with E-state index >= 15 is 0 Å². The topological polar surface area (TPSA) is 38.9 Å². The summed E-state index contributed by atoms with van der Waals surface area (Å²) in [7, 11) is 0. The second-order valence-electron chi connectivity index (χ2n) is 2.70. The van der Waals surface area contributed by atoms with Crippen LogP contribution in [-0.2, 0) is 6.54 Å². The van der Waals surface area contributed by atoms with E-state index in [1.165, 1.54) is 10.4 Å². The molecule has 2 heterocycles. The quantitative estimate of drug-likeness (QED) is 0.789. The molecule has 0 unspecified atom stereocenters. The molecule has 0 amide bonds. The highest BCUT2D eigenvalue weighted by Gasteiger charge is 2.03. The SMILES string of the molecule is NCc1sccc1-c1cccnc1. The molecule has 0 bridgehead atoms. The molecule has 2 aromatic heterocycles. The number of hydrogen-bond acceptors (Lipinski definition) is 3. The number of nitrogens with zero attached hydrogens (tertiary/aromatic N) is 1. The van der Waals surface area contributed by atoms with Crippen LogP contribution in [0.2, 0.25) is 0 Å². The van der Waals surface area contributed by atoms with Crippen LogP contribution in [0, 0.1) is 0 Å². The molecule has 0 saturated carbocycles. The van der Waals surface area contributed by atoms with E-state index in [2.05, 4.69) is 16.4 Å². The van der Waals surface area contributed by atoms with Crippen molar-refractivity contribution in [1.29, 1.82) is 0 Å². The van der Waals surface area contributed by atoms with Crippen molar-refractivity contribution >= 4 is 11.3 Å². The number of hydrogen-bond donors (Lipinski definition) is 1. The average Bonchev–Trinajstić information content (AvgIpc) is 2.67. The van der Waals surface area contributed by atoms with Gasteiger partial charge >= 0.3 is 0 Å². The summed E-state index contributed by atoms with van der Waals surface area (Å²) in [6.45, 7) is 0.599. The molecular formula is C10H10N2S. The van der Waals surface area contributed by atoms with Gasteiger partial charge in [0.1, 0.15) is 0 Å². The first-order valence-corrected chi connectivity index (χ1v) is 4.96. The first-order chi connectivity index (χ1) is 6.42. The Kier molecular flexibility index (Phi) is 2.38. The number of nitrogens with two attached hydrogens (primary N) is 1. The first-order valence-electron chi connectivity index (χ1n) is 4.08. The van der Waals surface area contributed by atoms with Crippen LogP contribution in [0.4, 0.5) is 0 Å². The van der Waals surface area contributed by atoms with Gasteiger partial charge < -0.3 is 5.73 Å². The van der Waals surface area contributed by atoms with E-state index in [0.29, 0.717) is 6.54 Å². The minimum Gasteiger partial charge on any atom is -0.326 e. The van der Waals surface area contributed by atoms with Gasteiger partial charge in [-0.3, -0.25) is 4.98 Å². The zero-order valence-corrected chi connectivity index (χ0v) is 7.92. The number of thiophene rings is 1. The molecule has 3 heteroatoms. The number of pyridine rings is 1. The summed E-state index contributed by atoms with van der Waals surface area (Å²) in [5.41, 5.74) is 7.97. The van der Waals surface area contributed by atoms with Crippen LogP contribution < -0.4 is 5.73 Å². The normalized spacial score (nSPS) is 10.2. The van der Waals surface area contributed by atoms with Crippen LogP contribution in [-0.4, -0.2) is 4.98 Å². The monoisotopic (exact) mass is 190 g/mol. The van der Waals surface area contributed by atoms with E-state index in [9.17, 15) is 0 Å². The second kappa shape index (κ2) is 3.68. The summed E-state index contributed by atoms with van der Waals surface area (Å²) < 4.78 is 0. The van der Waals surface area contributed by atoms with E-state index in [-0.39, 0.29) is 0 Å². The van der Waals surface area contributed by atoms with Crippen LogP contribution in [0.25, 0.3) is 11.1 Å². The van der Waals surface area contributed by atoms with Gasteiger partial charge in [-0.1, -0.05) is 6.07 Å². The fourth-order valence-corrected chi connectivity index (χ4v) is 2.06. The Balaban J connectivity index is 2.47. The fraction of sp³-hybridized carbons (Fsp3) is 0.100. The Morgan fingerprint density at radius 2 is 2.31 bits per heavy atom. The lowest BCUT2D eigenvalue weighted by molar-refractivity contribution is 1.11. The lowest BCUT2D eigenvalue weighted by atomic mass is 10.1. The summed E-state index contributed by atoms with van der Waals surface area (Å²) in [6, 6.07) is 6.07. The van der Waals surface area contributed by atoms with Crippen LogP contribution in [0.15, 0.2) is 36.0 Å². The molecule has 2 rings (SSSR count). The predicted octanol–water partition coefficient (Wildman–Crippen LogP) is 2.27. The van der Waals surface area contributed by atoms with E-state index in [1.807, 2.05) is 18.3 Å². The van der Waals surface area contributed by atoms with Crippen molar-refractivity contribution < 1.29 is 0 Å². The average molecular weight is 190 g/mol. The molecular weight excluding hydrogens is 180 g/mol. The van der Waals surface area contributed by atoms with E-state index in [0.717, 1.165) is 5.56 Å². The second-order valence-corrected chi connectivity index (χ2v) is 3.70. The third-order valence-corrected chi connectivity index (χ3v) is 2.85. The third-order valence-electron chi connectivity index (χ3n) is 1.90.